The standard InChI is InChI=1S/C6H3BrCl2OS/c7-3-1-2-11-5(3)4(10)6(8)9/h1-2,6H. The van der Waals surface area contributed by atoms with Gasteiger partial charge in [0.1, 0.15) is 0 Å². The smallest absolute Gasteiger partial charge is 0.206 e. The highest BCUT2D eigenvalue weighted by molar-refractivity contribution is 9.10. The molecule has 0 spiro atoms. The Morgan fingerprint density at radius 3 is 2.64 bits per heavy atom. The number of Topliss-reactive ketones (excluding diaryl/α,β-unsaturated/α-hetero) is 1. The molecule has 60 valence electrons. The minimum atomic E-state index is -0.968. The molecule has 0 amide bonds. The van der Waals surface area contributed by atoms with Crippen molar-refractivity contribution in [2.45, 2.75) is 4.84 Å². The fraction of sp³-hybridized carbons (Fsp3) is 0.167. The maximum atomic E-state index is 11.1. The first-order valence-corrected chi connectivity index (χ1v) is 5.23. The third kappa shape index (κ3) is 2.18. The zero-order valence-corrected chi connectivity index (χ0v) is 9.10. The minimum absolute atomic E-state index is 0.254. The molecule has 1 nitrogen and oxygen atoms in total. The second-order valence-corrected chi connectivity index (χ2v) is 4.63. The molecule has 0 unspecified atom stereocenters. The number of hydrogen-bond donors (Lipinski definition) is 0. The van der Waals surface area contributed by atoms with Gasteiger partial charge in [-0.15, -0.1) is 11.3 Å². The lowest BCUT2D eigenvalue weighted by Crippen LogP contribution is -2.06. The minimum Gasteiger partial charge on any atom is -0.290 e. The molecule has 0 atom stereocenters. The molecule has 0 bridgehead atoms. The maximum absolute atomic E-state index is 11.1. The van der Waals surface area contributed by atoms with Crippen LogP contribution < -0.4 is 0 Å². The van der Waals surface area contributed by atoms with E-state index in [1.807, 2.05) is 0 Å². The molecule has 1 aromatic heterocycles. The average molecular weight is 274 g/mol. The molecule has 0 aromatic carbocycles. The van der Waals surface area contributed by atoms with E-state index in [4.69, 9.17) is 23.2 Å². The Hall–Kier alpha value is 0.430. The number of hydrogen-bond acceptors (Lipinski definition) is 2. The van der Waals surface area contributed by atoms with E-state index in [2.05, 4.69) is 15.9 Å². The summed E-state index contributed by atoms with van der Waals surface area (Å²) in [5.74, 6) is -0.254. The first kappa shape index (κ1) is 9.52. The quantitative estimate of drug-likeness (QED) is 0.596. The molecule has 1 rings (SSSR count). The summed E-state index contributed by atoms with van der Waals surface area (Å²) in [5.41, 5.74) is 0. The largest absolute Gasteiger partial charge is 0.290 e. The number of ketones is 1. The summed E-state index contributed by atoms with van der Waals surface area (Å²) < 4.78 is 0.749. The predicted molar refractivity (Wildman–Crippen MR) is 51.8 cm³/mol. The summed E-state index contributed by atoms with van der Waals surface area (Å²) >= 11 is 15.3. The molecule has 5 heteroatoms. The lowest BCUT2D eigenvalue weighted by atomic mass is 10.3. The average Bonchev–Trinajstić information content (AvgIpc) is 2.33. The van der Waals surface area contributed by atoms with Gasteiger partial charge in [0.05, 0.1) is 4.88 Å². The first-order chi connectivity index (χ1) is 5.13. The molecule has 0 N–H and O–H groups in total. The summed E-state index contributed by atoms with van der Waals surface area (Å²) in [6.45, 7) is 0. The van der Waals surface area contributed by atoms with Gasteiger partial charge in [0.25, 0.3) is 0 Å². The van der Waals surface area contributed by atoms with Crippen molar-refractivity contribution in [1.82, 2.24) is 0 Å². The summed E-state index contributed by atoms with van der Waals surface area (Å²) in [6.07, 6.45) is 0. The van der Waals surface area contributed by atoms with E-state index in [1.165, 1.54) is 11.3 Å². The second-order valence-electron chi connectivity index (χ2n) is 1.76. The third-order valence-corrected chi connectivity index (χ3v) is 3.29. The number of carbonyl (C=O) groups is 1. The van der Waals surface area contributed by atoms with Crippen molar-refractivity contribution in [3.05, 3.63) is 20.8 Å². The van der Waals surface area contributed by atoms with Crippen molar-refractivity contribution in [3.8, 4) is 0 Å². The summed E-state index contributed by atoms with van der Waals surface area (Å²) in [5, 5.41) is 1.80. The molecule has 0 saturated heterocycles. The van der Waals surface area contributed by atoms with Gasteiger partial charge in [0.15, 0.2) is 4.84 Å². The van der Waals surface area contributed by atoms with Crippen molar-refractivity contribution < 1.29 is 4.79 Å². The molecule has 0 aliphatic heterocycles. The van der Waals surface area contributed by atoms with Crippen molar-refractivity contribution in [2.75, 3.05) is 0 Å². The SMILES string of the molecule is O=C(c1sccc1Br)C(Cl)Cl. The molecule has 0 aliphatic carbocycles. The van der Waals surface area contributed by atoms with Crippen LogP contribution in [0.2, 0.25) is 0 Å². The zero-order chi connectivity index (χ0) is 8.43. The third-order valence-electron chi connectivity index (χ3n) is 1.04. The molecule has 0 radical (unpaired) electrons. The van der Waals surface area contributed by atoms with Gasteiger partial charge in [-0.05, 0) is 27.4 Å². The van der Waals surface area contributed by atoms with Gasteiger partial charge in [0.2, 0.25) is 5.78 Å². The van der Waals surface area contributed by atoms with Gasteiger partial charge in [-0.2, -0.15) is 0 Å². The lowest BCUT2D eigenvalue weighted by molar-refractivity contribution is 0.101. The van der Waals surface area contributed by atoms with Gasteiger partial charge in [-0.3, -0.25) is 4.79 Å². The Morgan fingerprint density at radius 1 is 1.64 bits per heavy atom. The van der Waals surface area contributed by atoms with Gasteiger partial charge in [-0.25, -0.2) is 0 Å². The van der Waals surface area contributed by atoms with Crippen LogP contribution in [0.15, 0.2) is 15.9 Å². The monoisotopic (exact) mass is 272 g/mol. The van der Waals surface area contributed by atoms with Crippen LogP contribution in [0.25, 0.3) is 0 Å². The van der Waals surface area contributed by atoms with E-state index in [0.29, 0.717) is 4.88 Å². The van der Waals surface area contributed by atoms with E-state index in [1.54, 1.807) is 11.4 Å². The highest BCUT2D eigenvalue weighted by Gasteiger charge is 2.17. The number of rotatable bonds is 2. The fourth-order valence-corrected chi connectivity index (χ4v) is 2.45. The van der Waals surface area contributed by atoms with Crippen LogP contribution in [0.5, 0.6) is 0 Å². The first-order valence-electron chi connectivity index (χ1n) is 2.68. The maximum Gasteiger partial charge on any atom is 0.206 e. The van der Waals surface area contributed by atoms with Gasteiger partial charge < -0.3 is 0 Å². The Bertz CT molecular complexity index is 271. The Balaban J connectivity index is 2.93. The molecular formula is C6H3BrCl2OS. The number of halogens is 3. The van der Waals surface area contributed by atoms with Crippen LogP contribution in [-0.4, -0.2) is 10.6 Å². The molecule has 11 heavy (non-hydrogen) atoms. The molecule has 1 heterocycles. The van der Waals surface area contributed by atoms with Crippen molar-refractivity contribution in [1.29, 1.82) is 0 Å². The second kappa shape index (κ2) is 3.90. The normalized spacial score (nSPS) is 10.5. The Labute approximate surface area is 86.4 Å². The highest BCUT2D eigenvalue weighted by atomic mass is 79.9. The van der Waals surface area contributed by atoms with E-state index in [0.717, 1.165) is 4.47 Å². The topological polar surface area (TPSA) is 17.1 Å². The predicted octanol–water partition coefficient (Wildman–Crippen LogP) is 3.50. The molecule has 0 saturated carbocycles. The zero-order valence-electron chi connectivity index (χ0n) is 5.18. The number of thiophene rings is 1. The molecule has 1 aromatic rings. The number of alkyl halides is 2. The van der Waals surface area contributed by atoms with E-state index in [-0.39, 0.29) is 5.78 Å². The van der Waals surface area contributed by atoms with Crippen LogP contribution in [0.4, 0.5) is 0 Å². The molecule has 0 aliphatic rings. The van der Waals surface area contributed by atoms with E-state index >= 15 is 0 Å². The van der Waals surface area contributed by atoms with Crippen molar-refractivity contribution >= 4 is 56.3 Å². The van der Waals surface area contributed by atoms with Gasteiger partial charge in [0, 0.05) is 4.47 Å². The highest BCUT2D eigenvalue weighted by Crippen LogP contribution is 2.25. The fourth-order valence-electron chi connectivity index (χ4n) is 0.569. The van der Waals surface area contributed by atoms with Crippen LogP contribution >= 0.6 is 50.5 Å². The van der Waals surface area contributed by atoms with Crippen LogP contribution in [0.3, 0.4) is 0 Å². The van der Waals surface area contributed by atoms with Crippen LogP contribution in [-0.2, 0) is 0 Å². The number of carbonyl (C=O) groups excluding carboxylic acids is 1. The van der Waals surface area contributed by atoms with Crippen LogP contribution in [0, 0.1) is 0 Å². The van der Waals surface area contributed by atoms with Gasteiger partial charge >= 0.3 is 0 Å². The van der Waals surface area contributed by atoms with E-state index < -0.39 is 4.84 Å². The van der Waals surface area contributed by atoms with E-state index in [9.17, 15) is 4.79 Å². The Morgan fingerprint density at radius 2 is 2.27 bits per heavy atom. The van der Waals surface area contributed by atoms with Crippen LogP contribution in [0.1, 0.15) is 9.67 Å². The molecular weight excluding hydrogens is 271 g/mol. The van der Waals surface area contributed by atoms with Gasteiger partial charge in [-0.1, -0.05) is 23.2 Å². The Kier molecular flexibility index (Phi) is 3.37. The summed E-state index contributed by atoms with van der Waals surface area (Å²) in [4.78, 5) is 10.7. The summed E-state index contributed by atoms with van der Waals surface area (Å²) in [7, 11) is 0. The molecule has 0 fully saturated rings. The summed E-state index contributed by atoms with van der Waals surface area (Å²) in [6, 6.07) is 1.79. The van der Waals surface area contributed by atoms with Crippen molar-refractivity contribution in [2.24, 2.45) is 0 Å². The van der Waals surface area contributed by atoms with Crippen molar-refractivity contribution in [3.63, 3.8) is 0 Å². The lowest BCUT2D eigenvalue weighted by Gasteiger charge is -1.96.